The number of aryl methyl sites for hydroxylation is 2. The molecular weight excluding hydrogens is 420 g/mol. The minimum absolute atomic E-state index is 0.153. The molecule has 2 atom stereocenters. The van der Waals surface area contributed by atoms with Gasteiger partial charge in [-0.3, -0.25) is 4.79 Å². The average Bonchev–Trinajstić information content (AvgIpc) is 2.84. The van der Waals surface area contributed by atoms with Gasteiger partial charge in [-0.2, -0.15) is 0 Å². The van der Waals surface area contributed by atoms with E-state index in [2.05, 4.69) is 66.5 Å². The van der Waals surface area contributed by atoms with Crippen LogP contribution in [0.4, 0.5) is 0 Å². The fraction of sp³-hybridized carbons (Fsp3) is 0.367. The van der Waals surface area contributed by atoms with Crippen LogP contribution in [0.15, 0.2) is 72.8 Å². The highest BCUT2D eigenvalue weighted by Gasteiger charge is 2.32. The van der Waals surface area contributed by atoms with Crippen LogP contribution in [0.25, 0.3) is 0 Å². The van der Waals surface area contributed by atoms with E-state index in [9.17, 15) is 4.79 Å². The van der Waals surface area contributed by atoms with Gasteiger partial charge in [0.05, 0.1) is 7.11 Å². The lowest BCUT2D eigenvalue weighted by Crippen LogP contribution is -2.52. The maximum Gasteiger partial charge on any atom is 0.254 e. The molecule has 4 rings (SSSR count). The van der Waals surface area contributed by atoms with Crippen molar-refractivity contribution in [1.82, 2.24) is 10.2 Å². The summed E-state index contributed by atoms with van der Waals surface area (Å²) in [5.74, 6) is 1.10. The zero-order chi connectivity index (χ0) is 23.9. The molecule has 4 heteroatoms. The van der Waals surface area contributed by atoms with Gasteiger partial charge >= 0.3 is 0 Å². The Labute approximate surface area is 204 Å². The van der Waals surface area contributed by atoms with E-state index in [4.69, 9.17) is 4.74 Å². The highest BCUT2D eigenvalue weighted by Crippen LogP contribution is 2.25. The third-order valence-corrected chi connectivity index (χ3v) is 6.78. The summed E-state index contributed by atoms with van der Waals surface area (Å²) in [4.78, 5) is 15.7. The van der Waals surface area contributed by atoms with Gasteiger partial charge in [0.15, 0.2) is 0 Å². The zero-order valence-electron chi connectivity index (χ0n) is 20.6. The molecule has 3 aromatic rings. The van der Waals surface area contributed by atoms with Crippen LogP contribution < -0.4 is 10.1 Å². The lowest BCUT2D eigenvalue weighted by atomic mass is 9.91. The van der Waals surface area contributed by atoms with Gasteiger partial charge in [0, 0.05) is 24.2 Å². The molecule has 1 saturated heterocycles. The number of piperidine rings is 1. The van der Waals surface area contributed by atoms with Gasteiger partial charge in [-0.1, -0.05) is 65.7 Å². The molecule has 0 bridgehead atoms. The van der Waals surface area contributed by atoms with E-state index in [0.29, 0.717) is 6.04 Å². The Morgan fingerprint density at radius 2 is 1.71 bits per heavy atom. The second-order valence-electron chi connectivity index (χ2n) is 9.46. The third kappa shape index (κ3) is 6.06. The highest BCUT2D eigenvalue weighted by molar-refractivity contribution is 5.95. The van der Waals surface area contributed by atoms with E-state index in [-0.39, 0.29) is 11.9 Å². The van der Waals surface area contributed by atoms with Gasteiger partial charge < -0.3 is 15.0 Å². The normalized spacial score (nSPS) is 18.0. The highest BCUT2D eigenvalue weighted by atomic mass is 16.5. The summed E-state index contributed by atoms with van der Waals surface area (Å²) in [7, 11) is 1.73. The van der Waals surface area contributed by atoms with Gasteiger partial charge in [0.25, 0.3) is 5.91 Å². The van der Waals surface area contributed by atoms with Crippen LogP contribution in [-0.4, -0.2) is 43.1 Å². The lowest BCUT2D eigenvalue weighted by molar-refractivity contribution is 0.0577. The minimum atomic E-state index is 0.153. The van der Waals surface area contributed by atoms with Crippen LogP contribution in [-0.2, 0) is 12.8 Å². The molecule has 1 amide bonds. The number of nitrogens with one attached hydrogen (secondary N) is 1. The molecular formula is C30H36N2O2. The summed E-state index contributed by atoms with van der Waals surface area (Å²) in [5, 5.41) is 3.76. The predicted octanol–water partition coefficient (Wildman–Crippen LogP) is 5.36. The van der Waals surface area contributed by atoms with Crippen LogP contribution in [0.2, 0.25) is 0 Å². The van der Waals surface area contributed by atoms with E-state index >= 15 is 0 Å². The van der Waals surface area contributed by atoms with Gasteiger partial charge in [0.1, 0.15) is 5.75 Å². The Balaban J connectivity index is 1.45. The Hall–Kier alpha value is -3.11. The maximum atomic E-state index is 13.6. The topological polar surface area (TPSA) is 41.6 Å². The van der Waals surface area contributed by atoms with Crippen molar-refractivity contribution >= 4 is 5.91 Å². The molecule has 178 valence electrons. The van der Waals surface area contributed by atoms with Crippen molar-refractivity contribution in [1.29, 1.82) is 0 Å². The molecule has 0 aromatic heterocycles. The quantitative estimate of drug-likeness (QED) is 0.496. The summed E-state index contributed by atoms with van der Waals surface area (Å²) < 4.78 is 5.50. The number of methoxy groups -OCH3 is 1. The first kappa shape index (κ1) is 24.0. The fourth-order valence-corrected chi connectivity index (χ4v) is 5.17. The molecule has 0 radical (unpaired) electrons. The number of hydrogen-bond donors (Lipinski definition) is 1. The Morgan fingerprint density at radius 1 is 1.00 bits per heavy atom. The van der Waals surface area contributed by atoms with Gasteiger partial charge in [-0.05, 0) is 75.4 Å². The minimum Gasteiger partial charge on any atom is -0.496 e. The molecule has 0 saturated carbocycles. The lowest BCUT2D eigenvalue weighted by Gasteiger charge is -2.40. The Bertz CT molecular complexity index is 1080. The van der Waals surface area contributed by atoms with Gasteiger partial charge in [-0.15, -0.1) is 0 Å². The van der Waals surface area contributed by atoms with E-state index in [1.165, 1.54) is 11.1 Å². The number of nitrogens with zero attached hydrogens (tertiary/aromatic N) is 1. The molecule has 1 N–H and O–H groups in total. The second kappa shape index (κ2) is 11.3. The van der Waals surface area contributed by atoms with Crippen molar-refractivity contribution in [3.63, 3.8) is 0 Å². The number of carbonyl (C=O) groups excluding carboxylic acids is 1. The number of rotatable bonds is 8. The molecule has 3 aromatic carbocycles. The van der Waals surface area contributed by atoms with Crippen LogP contribution in [0, 0.1) is 13.8 Å². The summed E-state index contributed by atoms with van der Waals surface area (Å²) in [5.41, 5.74) is 5.58. The van der Waals surface area contributed by atoms with Gasteiger partial charge in [-0.25, -0.2) is 0 Å². The van der Waals surface area contributed by atoms with E-state index < -0.39 is 0 Å². The average molecular weight is 457 g/mol. The smallest absolute Gasteiger partial charge is 0.254 e. The summed E-state index contributed by atoms with van der Waals surface area (Å²) in [6, 6.07) is 25.5. The van der Waals surface area contributed by atoms with E-state index in [0.717, 1.165) is 61.2 Å². The van der Waals surface area contributed by atoms with Crippen LogP contribution in [0.3, 0.4) is 0 Å². The van der Waals surface area contributed by atoms with Crippen molar-refractivity contribution in [3.05, 3.63) is 101 Å². The number of hydrogen-bond acceptors (Lipinski definition) is 3. The largest absolute Gasteiger partial charge is 0.496 e. The zero-order valence-corrected chi connectivity index (χ0v) is 20.6. The summed E-state index contributed by atoms with van der Waals surface area (Å²) in [6.45, 7) is 5.79. The van der Waals surface area contributed by atoms with Crippen molar-refractivity contribution < 1.29 is 9.53 Å². The predicted molar refractivity (Wildman–Crippen MR) is 139 cm³/mol. The number of likely N-dealkylation sites (tertiary alicyclic amines) is 1. The third-order valence-electron chi connectivity index (χ3n) is 6.78. The molecule has 1 aliphatic heterocycles. The second-order valence-corrected chi connectivity index (χ2v) is 9.46. The molecule has 34 heavy (non-hydrogen) atoms. The van der Waals surface area contributed by atoms with Crippen molar-refractivity contribution in [2.75, 3.05) is 20.2 Å². The maximum absolute atomic E-state index is 13.6. The molecule has 0 unspecified atom stereocenters. The number of amides is 1. The first-order chi connectivity index (χ1) is 16.5. The molecule has 1 heterocycles. The standard InChI is InChI=1S/C30H36N2O2/c1-22-17-23(2)19-26(18-22)30(33)32-16-14-27(21-28(32)20-24-9-5-4-6-10-24)31-15-13-25-11-7-8-12-29(25)34-3/h4-12,17-19,27-28,31H,13-16,20-21H2,1-3H3/t27-,28+/m0/s1. The van der Waals surface area contributed by atoms with E-state index in [1.807, 2.05) is 30.3 Å². The summed E-state index contributed by atoms with van der Waals surface area (Å²) in [6.07, 6.45) is 3.72. The molecule has 4 nitrogen and oxygen atoms in total. The van der Waals surface area contributed by atoms with Crippen molar-refractivity contribution in [2.24, 2.45) is 0 Å². The Kier molecular flexibility index (Phi) is 8.02. The number of benzene rings is 3. The van der Waals surface area contributed by atoms with Crippen LogP contribution >= 0.6 is 0 Å². The fourth-order valence-electron chi connectivity index (χ4n) is 5.17. The SMILES string of the molecule is COc1ccccc1CCN[C@H]1CCN(C(=O)c2cc(C)cc(C)c2)[C@H](Cc2ccccc2)C1. The Morgan fingerprint density at radius 3 is 2.44 bits per heavy atom. The first-order valence-corrected chi connectivity index (χ1v) is 12.3. The van der Waals surface area contributed by atoms with Gasteiger partial charge in [0.2, 0.25) is 0 Å². The molecule has 0 spiro atoms. The van der Waals surface area contributed by atoms with Crippen LogP contribution in [0.1, 0.15) is 45.5 Å². The first-order valence-electron chi connectivity index (χ1n) is 12.3. The number of ether oxygens (including phenoxy) is 1. The summed E-state index contributed by atoms with van der Waals surface area (Å²) >= 11 is 0. The molecule has 1 aliphatic rings. The molecule has 0 aliphatic carbocycles. The number of carbonyl (C=O) groups is 1. The van der Waals surface area contributed by atoms with Crippen molar-refractivity contribution in [3.8, 4) is 5.75 Å². The van der Waals surface area contributed by atoms with Crippen LogP contribution in [0.5, 0.6) is 5.75 Å². The molecule has 1 fully saturated rings. The van der Waals surface area contributed by atoms with E-state index in [1.54, 1.807) is 7.11 Å². The number of para-hydroxylation sites is 1. The monoisotopic (exact) mass is 456 g/mol. The van der Waals surface area contributed by atoms with Crippen molar-refractivity contribution in [2.45, 2.75) is 51.6 Å².